The van der Waals surface area contributed by atoms with Crippen LogP contribution in [0, 0.1) is 0 Å². The van der Waals surface area contributed by atoms with Crippen LogP contribution in [-0.4, -0.2) is 138 Å². The lowest BCUT2D eigenvalue weighted by atomic mass is 9.80. The van der Waals surface area contributed by atoms with Gasteiger partial charge in [-0.25, -0.2) is 0 Å². The van der Waals surface area contributed by atoms with Crippen LogP contribution in [-0.2, 0) is 48.2 Å². The molecule has 0 bridgehead atoms. The Morgan fingerprint density at radius 2 is 0.592 bits per heavy atom. The summed E-state index contributed by atoms with van der Waals surface area (Å²) in [4.78, 5) is 2.09. The summed E-state index contributed by atoms with van der Waals surface area (Å²) >= 11 is 0. The van der Waals surface area contributed by atoms with Gasteiger partial charge in [0.05, 0.1) is 112 Å². The lowest BCUT2D eigenvalue weighted by Gasteiger charge is -2.36. The molecule has 0 aromatic heterocycles. The van der Waals surface area contributed by atoms with Crippen molar-refractivity contribution < 1.29 is 42.6 Å². The van der Waals surface area contributed by atoms with Gasteiger partial charge in [-0.15, -0.1) is 0 Å². The van der Waals surface area contributed by atoms with Gasteiger partial charge in [0.1, 0.15) is 5.60 Å². The molecule has 10 heteroatoms. The smallest absolute Gasteiger partial charge is 0.143 e. The van der Waals surface area contributed by atoms with Crippen molar-refractivity contribution in [2.24, 2.45) is 0 Å². The Bertz CT molecular complexity index is 1060. The zero-order chi connectivity index (χ0) is 34.5. The highest BCUT2D eigenvalue weighted by Crippen LogP contribution is 2.40. The van der Waals surface area contributed by atoms with Crippen molar-refractivity contribution in [3.05, 3.63) is 108 Å². The topological polar surface area (TPSA) is 86.3 Å². The van der Waals surface area contributed by atoms with E-state index in [2.05, 4.69) is 41.3 Å². The molecule has 0 aliphatic rings. The number of hydrogen-bond donors (Lipinski definition) is 0. The molecule has 0 amide bonds. The van der Waals surface area contributed by atoms with Gasteiger partial charge in [-0.1, -0.05) is 91.0 Å². The molecular weight excluding hydrogens is 626 g/mol. The number of rotatable bonds is 31. The fourth-order valence-corrected chi connectivity index (χ4v) is 4.91. The zero-order valence-electron chi connectivity index (χ0n) is 29.5. The van der Waals surface area contributed by atoms with E-state index in [0.717, 1.165) is 23.2 Å². The van der Waals surface area contributed by atoms with Gasteiger partial charge in [0.25, 0.3) is 0 Å². The highest BCUT2D eigenvalue weighted by Gasteiger charge is 2.37. The van der Waals surface area contributed by atoms with Crippen LogP contribution in [0.25, 0.3) is 0 Å². The Balaban J connectivity index is 1.13. The number of ether oxygens (including phenoxy) is 9. The Morgan fingerprint density at radius 3 is 0.857 bits per heavy atom. The third kappa shape index (κ3) is 17.2. The second kappa shape index (κ2) is 27.0. The summed E-state index contributed by atoms with van der Waals surface area (Å²) < 4.78 is 51.3. The van der Waals surface area contributed by atoms with E-state index in [-0.39, 0.29) is 0 Å². The highest BCUT2D eigenvalue weighted by atomic mass is 16.6. The number of benzene rings is 3. The molecule has 49 heavy (non-hydrogen) atoms. The molecule has 272 valence electrons. The van der Waals surface area contributed by atoms with Crippen LogP contribution in [0.3, 0.4) is 0 Å². The first-order valence-electron chi connectivity index (χ1n) is 17.3. The molecule has 0 N–H and O–H groups in total. The first-order valence-corrected chi connectivity index (χ1v) is 17.3. The summed E-state index contributed by atoms with van der Waals surface area (Å²) in [6.07, 6.45) is 0. The SMILES string of the molecule is CN(C)CCOCCOCCOCCOCCOCCOCCOCCOCCOC(c1ccccc1)(c1ccccc1)c1ccccc1. The van der Waals surface area contributed by atoms with Crippen LogP contribution in [0.4, 0.5) is 0 Å². The minimum Gasteiger partial charge on any atom is -0.378 e. The lowest BCUT2D eigenvalue weighted by Crippen LogP contribution is -2.34. The first-order chi connectivity index (χ1) is 24.2. The molecule has 3 aromatic rings. The van der Waals surface area contributed by atoms with Gasteiger partial charge in [0.2, 0.25) is 0 Å². The van der Waals surface area contributed by atoms with Gasteiger partial charge in [-0.3, -0.25) is 0 Å². The summed E-state index contributed by atoms with van der Waals surface area (Å²) in [5.74, 6) is 0. The van der Waals surface area contributed by atoms with Crippen LogP contribution < -0.4 is 0 Å². The fourth-order valence-electron chi connectivity index (χ4n) is 4.91. The molecule has 3 aromatic carbocycles. The van der Waals surface area contributed by atoms with Crippen LogP contribution in [0.5, 0.6) is 0 Å². The summed E-state index contributed by atoms with van der Waals surface area (Å²) in [6.45, 7) is 9.85. The average Bonchev–Trinajstić information content (AvgIpc) is 3.14. The van der Waals surface area contributed by atoms with Crippen molar-refractivity contribution in [2.45, 2.75) is 5.60 Å². The minimum absolute atomic E-state index is 0.421. The van der Waals surface area contributed by atoms with Gasteiger partial charge >= 0.3 is 0 Å². The molecule has 0 aliphatic carbocycles. The molecule has 0 unspecified atom stereocenters. The Labute approximate surface area is 293 Å². The summed E-state index contributed by atoms with van der Waals surface area (Å²) in [6, 6.07) is 31.0. The van der Waals surface area contributed by atoms with Gasteiger partial charge < -0.3 is 47.5 Å². The van der Waals surface area contributed by atoms with Gasteiger partial charge in [0, 0.05) is 6.54 Å². The molecule has 0 heterocycles. The Hall–Kier alpha value is -2.74. The van der Waals surface area contributed by atoms with Gasteiger partial charge in [0.15, 0.2) is 0 Å². The molecule has 10 nitrogen and oxygen atoms in total. The van der Waals surface area contributed by atoms with Crippen molar-refractivity contribution in [1.82, 2.24) is 4.90 Å². The molecule has 3 rings (SSSR count). The summed E-state index contributed by atoms with van der Waals surface area (Å²) in [5, 5.41) is 0. The Morgan fingerprint density at radius 1 is 0.347 bits per heavy atom. The molecule has 0 spiro atoms. The molecular formula is C39H57NO9. The molecule has 0 radical (unpaired) electrons. The minimum atomic E-state index is -0.745. The van der Waals surface area contributed by atoms with Crippen molar-refractivity contribution >= 4 is 0 Å². The van der Waals surface area contributed by atoms with Gasteiger partial charge in [-0.05, 0) is 30.8 Å². The summed E-state index contributed by atoms with van der Waals surface area (Å²) in [7, 11) is 4.05. The maximum absolute atomic E-state index is 6.73. The predicted molar refractivity (Wildman–Crippen MR) is 190 cm³/mol. The molecule has 0 saturated heterocycles. The second-order valence-electron chi connectivity index (χ2n) is 11.3. The lowest BCUT2D eigenvalue weighted by molar-refractivity contribution is -0.0398. The second-order valence-corrected chi connectivity index (χ2v) is 11.3. The van der Waals surface area contributed by atoms with E-state index in [4.69, 9.17) is 42.6 Å². The molecule has 0 aliphatic heterocycles. The first kappa shape index (κ1) is 40.7. The number of nitrogens with zero attached hydrogens (tertiary/aromatic N) is 1. The number of likely N-dealkylation sites (N-methyl/N-ethyl adjacent to an activating group) is 1. The largest absolute Gasteiger partial charge is 0.378 e. The van der Waals surface area contributed by atoms with Crippen LogP contribution in [0.1, 0.15) is 16.7 Å². The third-order valence-corrected chi connectivity index (χ3v) is 7.37. The maximum Gasteiger partial charge on any atom is 0.143 e. The quantitative estimate of drug-likeness (QED) is 0.0704. The fraction of sp³-hybridized carbons (Fsp3) is 0.538. The summed E-state index contributed by atoms with van der Waals surface area (Å²) in [5.41, 5.74) is 2.47. The number of hydrogen-bond acceptors (Lipinski definition) is 10. The van der Waals surface area contributed by atoms with Crippen LogP contribution in [0.2, 0.25) is 0 Å². The van der Waals surface area contributed by atoms with Crippen LogP contribution in [0.15, 0.2) is 91.0 Å². The average molecular weight is 684 g/mol. The Kier molecular flexibility index (Phi) is 22.5. The standard InChI is InChI=1S/C39H57NO9/c1-40(2)18-19-41-20-21-42-22-23-43-24-25-44-26-27-45-28-29-46-30-31-47-32-33-48-34-35-49-39(36-12-6-3-7-13-36,37-14-8-4-9-15-37)38-16-10-5-11-17-38/h3-17H,18-35H2,1-2H3. The van der Waals surface area contributed by atoms with E-state index in [1.54, 1.807) is 0 Å². The van der Waals surface area contributed by atoms with E-state index in [0.29, 0.717) is 112 Å². The van der Waals surface area contributed by atoms with E-state index in [9.17, 15) is 0 Å². The van der Waals surface area contributed by atoms with E-state index in [1.807, 2.05) is 68.7 Å². The van der Waals surface area contributed by atoms with Crippen molar-refractivity contribution in [2.75, 3.05) is 133 Å². The third-order valence-electron chi connectivity index (χ3n) is 7.37. The van der Waals surface area contributed by atoms with Gasteiger partial charge in [-0.2, -0.15) is 0 Å². The highest BCUT2D eigenvalue weighted by molar-refractivity contribution is 5.47. The zero-order valence-corrected chi connectivity index (χ0v) is 29.5. The van der Waals surface area contributed by atoms with E-state index >= 15 is 0 Å². The maximum atomic E-state index is 6.73. The van der Waals surface area contributed by atoms with E-state index in [1.165, 1.54) is 0 Å². The van der Waals surface area contributed by atoms with E-state index < -0.39 is 5.60 Å². The van der Waals surface area contributed by atoms with Crippen LogP contribution >= 0.6 is 0 Å². The predicted octanol–water partition coefficient (Wildman–Crippen LogP) is 4.69. The van der Waals surface area contributed by atoms with Crippen molar-refractivity contribution in [3.63, 3.8) is 0 Å². The van der Waals surface area contributed by atoms with Crippen molar-refractivity contribution in [3.8, 4) is 0 Å². The van der Waals surface area contributed by atoms with Crippen molar-refractivity contribution in [1.29, 1.82) is 0 Å². The normalized spacial score (nSPS) is 11.8. The monoisotopic (exact) mass is 683 g/mol. The molecule has 0 atom stereocenters. The molecule has 0 saturated carbocycles. The molecule has 0 fully saturated rings.